The van der Waals surface area contributed by atoms with Crippen molar-refractivity contribution in [2.45, 2.75) is 32.8 Å². The van der Waals surface area contributed by atoms with Gasteiger partial charge in [0.05, 0.1) is 0 Å². The second kappa shape index (κ2) is 8.97. The van der Waals surface area contributed by atoms with Crippen LogP contribution < -0.4 is 10.1 Å². The van der Waals surface area contributed by atoms with Crippen LogP contribution in [0.1, 0.15) is 26.7 Å². The van der Waals surface area contributed by atoms with Crippen LogP contribution >= 0.6 is 0 Å². The first kappa shape index (κ1) is 17.9. The molecule has 0 aromatic heterocycles. The Morgan fingerprint density at radius 3 is 2.57 bits per heavy atom. The van der Waals surface area contributed by atoms with Crippen LogP contribution in [0.25, 0.3) is 0 Å². The summed E-state index contributed by atoms with van der Waals surface area (Å²) in [5.41, 5.74) is 0.0836. The number of halogens is 1. The van der Waals surface area contributed by atoms with E-state index in [4.69, 9.17) is 9.84 Å². The molecule has 3 N–H and O–H groups in total. The minimum atomic E-state index is -0.622. The van der Waals surface area contributed by atoms with Crippen molar-refractivity contribution in [1.82, 2.24) is 5.32 Å². The van der Waals surface area contributed by atoms with E-state index < -0.39 is 6.10 Å². The Bertz CT molecular complexity index is 395. The summed E-state index contributed by atoms with van der Waals surface area (Å²) in [4.78, 5) is 0. The van der Waals surface area contributed by atoms with Crippen LogP contribution in [0.3, 0.4) is 0 Å². The molecule has 0 saturated carbocycles. The molecule has 0 saturated heterocycles. The van der Waals surface area contributed by atoms with Gasteiger partial charge in [0.1, 0.15) is 24.3 Å². The van der Waals surface area contributed by atoms with Gasteiger partial charge in [0, 0.05) is 19.7 Å². The highest BCUT2D eigenvalue weighted by Gasteiger charge is 2.17. The molecule has 120 valence electrons. The number of aliphatic hydroxyl groups is 2. The van der Waals surface area contributed by atoms with E-state index >= 15 is 0 Å². The molecule has 0 aliphatic carbocycles. The summed E-state index contributed by atoms with van der Waals surface area (Å²) in [6, 6.07) is 5.72. The van der Waals surface area contributed by atoms with Crippen LogP contribution in [0.5, 0.6) is 5.75 Å². The number of benzene rings is 1. The highest BCUT2D eigenvalue weighted by molar-refractivity contribution is 5.22. The lowest BCUT2D eigenvalue weighted by atomic mass is 9.88. The molecule has 5 heteroatoms. The van der Waals surface area contributed by atoms with E-state index in [-0.39, 0.29) is 24.4 Å². The topological polar surface area (TPSA) is 61.7 Å². The van der Waals surface area contributed by atoms with Gasteiger partial charge in [-0.05, 0) is 42.5 Å². The zero-order valence-corrected chi connectivity index (χ0v) is 12.8. The number of ether oxygens (including phenoxy) is 1. The number of rotatable bonds is 10. The van der Waals surface area contributed by atoms with E-state index in [9.17, 15) is 9.50 Å². The van der Waals surface area contributed by atoms with Gasteiger partial charge in [-0.2, -0.15) is 0 Å². The Hall–Kier alpha value is -1.17. The van der Waals surface area contributed by atoms with Gasteiger partial charge in [-0.1, -0.05) is 13.8 Å². The first-order valence-electron chi connectivity index (χ1n) is 7.31. The molecule has 1 unspecified atom stereocenters. The number of aliphatic hydroxyl groups excluding tert-OH is 2. The van der Waals surface area contributed by atoms with Gasteiger partial charge in [0.2, 0.25) is 0 Å². The summed E-state index contributed by atoms with van der Waals surface area (Å²) in [6.07, 6.45) is 1.09. The predicted octanol–water partition coefficient (Wildman–Crippen LogP) is 1.95. The van der Waals surface area contributed by atoms with E-state index in [1.165, 1.54) is 24.3 Å². The van der Waals surface area contributed by atoms with Gasteiger partial charge in [0.25, 0.3) is 0 Å². The molecule has 1 atom stereocenters. The fourth-order valence-electron chi connectivity index (χ4n) is 2.01. The Morgan fingerprint density at radius 2 is 1.95 bits per heavy atom. The Balaban J connectivity index is 2.19. The van der Waals surface area contributed by atoms with Gasteiger partial charge in [-0.3, -0.25) is 0 Å². The normalized spacial score (nSPS) is 13.2. The standard InChI is InChI=1S/C16H26FNO3/c1-16(2,8-3-9-19)12-18-10-14(20)11-21-15-6-4-13(17)5-7-15/h4-7,14,18-20H,3,8-12H2,1-2H3. The van der Waals surface area contributed by atoms with Crippen molar-refractivity contribution in [2.75, 3.05) is 26.3 Å². The quantitative estimate of drug-likeness (QED) is 0.618. The molecule has 0 amide bonds. The fraction of sp³-hybridized carbons (Fsp3) is 0.625. The van der Waals surface area contributed by atoms with Gasteiger partial charge < -0.3 is 20.3 Å². The molecule has 0 spiro atoms. The lowest BCUT2D eigenvalue weighted by molar-refractivity contribution is 0.103. The van der Waals surface area contributed by atoms with Crippen molar-refractivity contribution in [3.63, 3.8) is 0 Å². The molecule has 0 fully saturated rings. The zero-order chi connectivity index (χ0) is 15.7. The second-order valence-corrected chi connectivity index (χ2v) is 6.04. The van der Waals surface area contributed by atoms with E-state index in [0.717, 1.165) is 19.4 Å². The van der Waals surface area contributed by atoms with Crippen LogP contribution in [-0.4, -0.2) is 42.6 Å². The summed E-state index contributed by atoms with van der Waals surface area (Å²) in [5, 5.41) is 21.9. The molecule has 1 rings (SSSR count). The fourth-order valence-corrected chi connectivity index (χ4v) is 2.01. The van der Waals surface area contributed by atoms with Crippen LogP contribution in [0.4, 0.5) is 4.39 Å². The maximum absolute atomic E-state index is 12.7. The van der Waals surface area contributed by atoms with Crippen molar-refractivity contribution in [3.05, 3.63) is 30.1 Å². The molecule has 0 radical (unpaired) electrons. The van der Waals surface area contributed by atoms with Crippen LogP contribution in [0.15, 0.2) is 24.3 Å². The molecule has 0 aliphatic rings. The predicted molar refractivity (Wildman–Crippen MR) is 80.9 cm³/mol. The lowest BCUT2D eigenvalue weighted by Crippen LogP contribution is -2.37. The maximum Gasteiger partial charge on any atom is 0.123 e. The van der Waals surface area contributed by atoms with Crippen molar-refractivity contribution >= 4 is 0 Å². The minimum Gasteiger partial charge on any atom is -0.491 e. The van der Waals surface area contributed by atoms with Crippen molar-refractivity contribution in [2.24, 2.45) is 5.41 Å². The van der Waals surface area contributed by atoms with E-state index in [1.54, 1.807) is 0 Å². The molecular formula is C16H26FNO3. The summed E-state index contributed by atoms with van der Waals surface area (Å²) < 4.78 is 18.1. The Morgan fingerprint density at radius 1 is 1.29 bits per heavy atom. The summed E-state index contributed by atoms with van der Waals surface area (Å²) >= 11 is 0. The SMILES string of the molecule is CC(C)(CCCO)CNCC(O)COc1ccc(F)cc1. The van der Waals surface area contributed by atoms with Crippen molar-refractivity contribution in [3.8, 4) is 5.75 Å². The Labute approximate surface area is 125 Å². The van der Waals surface area contributed by atoms with Gasteiger partial charge in [-0.15, -0.1) is 0 Å². The van der Waals surface area contributed by atoms with Crippen LogP contribution in [0.2, 0.25) is 0 Å². The van der Waals surface area contributed by atoms with E-state index in [2.05, 4.69) is 19.2 Å². The second-order valence-electron chi connectivity index (χ2n) is 6.04. The third kappa shape index (κ3) is 7.99. The summed E-state index contributed by atoms with van der Waals surface area (Å²) in [6.45, 7) is 5.81. The number of hydrogen-bond acceptors (Lipinski definition) is 4. The van der Waals surface area contributed by atoms with Crippen molar-refractivity contribution < 1.29 is 19.3 Å². The lowest BCUT2D eigenvalue weighted by Gasteiger charge is -2.25. The van der Waals surface area contributed by atoms with Crippen molar-refractivity contribution in [1.29, 1.82) is 0 Å². The smallest absolute Gasteiger partial charge is 0.123 e. The molecule has 1 aromatic rings. The van der Waals surface area contributed by atoms with Gasteiger partial charge >= 0.3 is 0 Å². The average molecular weight is 299 g/mol. The largest absolute Gasteiger partial charge is 0.491 e. The van der Waals surface area contributed by atoms with Crippen LogP contribution in [0, 0.1) is 11.2 Å². The summed E-state index contributed by atoms with van der Waals surface area (Å²) in [7, 11) is 0. The first-order valence-corrected chi connectivity index (χ1v) is 7.31. The minimum absolute atomic E-state index is 0.0836. The average Bonchev–Trinajstić information content (AvgIpc) is 2.44. The number of hydrogen-bond donors (Lipinski definition) is 3. The van der Waals surface area contributed by atoms with Gasteiger partial charge in [0.15, 0.2) is 0 Å². The molecule has 0 bridgehead atoms. The van der Waals surface area contributed by atoms with E-state index in [1.807, 2.05) is 0 Å². The zero-order valence-electron chi connectivity index (χ0n) is 12.8. The summed E-state index contributed by atoms with van der Waals surface area (Å²) in [5.74, 6) is 0.230. The van der Waals surface area contributed by atoms with E-state index in [0.29, 0.717) is 12.3 Å². The van der Waals surface area contributed by atoms with Crippen LogP contribution in [-0.2, 0) is 0 Å². The molecule has 21 heavy (non-hydrogen) atoms. The third-order valence-electron chi connectivity index (χ3n) is 3.25. The molecule has 1 aromatic carbocycles. The Kier molecular flexibility index (Phi) is 7.64. The highest BCUT2D eigenvalue weighted by atomic mass is 19.1. The molecular weight excluding hydrogens is 273 g/mol. The molecule has 4 nitrogen and oxygen atoms in total. The third-order valence-corrected chi connectivity index (χ3v) is 3.25. The van der Waals surface area contributed by atoms with Gasteiger partial charge in [-0.25, -0.2) is 4.39 Å². The monoisotopic (exact) mass is 299 g/mol. The highest BCUT2D eigenvalue weighted by Crippen LogP contribution is 2.20. The number of nitrogens with one attached hydrogen (secondary N) is 1. The molecule has 0 heterocycles. The molecule has 0 aliphatic heterocycles. The first-order chi connectivity index (χ1) is 9.93. The maximum atomic E-state index is 12.7.